The van der Waals surface area contributed by atoms with Crippen LogP contribution in [0.1, 0.15) is 39.8 Å². The Morgan fingerprint density at radius 3 is 2.72 bits per heavy atom. The minimum absolute atomic E-state index is 0.758. The molecule has 0 saturated carbocycles. The monoisotopic (exact) mass is 350 g/mol. The third-order valence-corrected chi connectivity index (χ3v) is 5.69. The lowest BCUT2D eigenvalue weighted by Crippen LogP contribution is -2.18. The van der Waals surface area contributed by atoms with Gasteiger partial charge in [-0.3, -0.25) is 0 Å². The molecule has 0 unspecified atom stereocenters. The van der Waals surface area contributed by atoms with Crippen molar-refractivity contribution in [2.45, 2.75) is 38.6 Å². The Balaban J connectivity index is 1.47. The standard InChI is InChI=1S/C20H22N4S/c1-24(14-20-22-16-9-5-6-10-17(16)25-20)19-11-12-21-18(23-19)13-15-7-3-2-4-8-15/h2-4,7-8,11-12H,5-6,9-10,13-14H2,1H3. The number of nitrogens with zero attached hydrogens (tertiary/aromatic N) is 4. The first-order valence-corrected chi connectivity index (χ1v) is 9.64. The highest BCUT2D eigenvalue weighted by atomic mass is 32.1. The van der Waals surface area contributed by atoms with E-state index in [0.717, 1.165) is 31.0 Å². The molecule has 0 amide bonds. The summed E-state index contributed by atoms with van der Waals surface area (Å²) in [6.45, 7) is 0.805. The summed E-state index contributed by atoms with van der Waals surface area (Å²) in [7, 11) is 2.08. The van der Waals surface area contributed by atoms with Gasteiger partial charge < -0.3 is 4.90 Å². The van der Waals surface area contributed by atoms with Crippen LogP contribution in [0, 0.1) is 0 Å². The quantitative estimate of drug-likeness (QED) is 0.696. The van der Waals surface area contributed by atoms with Crippen molar-refractivity contribution in [3.8, 4) is 0 Å². The van der Waals surface area contributed by atoms with Crippen LogP contribution in [0.15, 0.2) is 42.6 Å². The van der Waals surface area contributed by atoms with Crippen molar-refractivity contribution >= 4 is 17.2 Å². The van der Waals surface area contributed by atoms with Crippen molar-refractivity contribution in [3.63, 3.8) is 0 Å². The number of aromatic nitrogens is 3. The molecule has 0 N–H and O–H groups in total. The van der Waals surface area contributed by atoms with E-state index in [1.54, 1.807) is 0 Å². The highest BCUT2D eigenvalue weighted by Crippen LogP contribution is 2.27. The normalized spacial score (nSPS) is 13.5. The third kappa shape index (κ3) is 3.87. The van der Waals surface area contributed by atoms with Gasteiger partial charge in [0.1, 0.15) is 16.6 Å². The van der Waals surface area contributed by atoms with E-state index in [1.165, 1.54) is 40.4 Å². The Hall–Kier alpha value is -2.27. The van der Waals surface area contributed by atoms with E-state index in [9.17, 15) is 0 Å². The minimum atomic E-state index is 0.758. The molecule has 0 spiro atoms. The van der Waals surface area contributed by atoms with Gasteiger partial charge in [-0.25, -0.2) is 15.0 Å². The smallest absolute Gasteiger partial charge is 0.135 e. The summed E-state index contributed by atoms with van der Waals surface area (Å²) >= 11 is 1.87. The number of hydrogen-bond donors (Lipinski definition) is 0. The molecule has 0 saturated heterocycles. The maximum Gasteiger partial charge on any atom is 0.135 e. The average Bonchev–Trinajstić information content (AvgIpc) is 3.05. The largest absolute Gasteiger partial charge is 0.353 e. The van der Waals surface area contributed by atoms with E-state index >= 15 is 0 Å². The average molecular weight is 350 g/mol. The zero-order valence-corrected chi connectivity index (χ0v) is 15.3. The molecule has 3 aromatic rings. The summed E-state index contributed by atoms with van der Waals surface area (Å²) in [4.78, 5) is 17.7. The van der Waals surface area contributed by atoms with Crippen molar-refractivity contribution in [2.75, 3.05) is 11.9 Å². The van der Waals surface area contributed by atoms with E-state index in [-0.39, 0.29) is 0 Å². The van der Waals surface area contributed by atoms with Crippen molar-refractivity contribution < 1.29 is 0 Å². The fraction of sp³-hybridized carbons (Fsp3) is 0.350. The lowest BCUT2D eigenvalue weighted by atomic mass is 10.0. The lowest BCUT2D eigenvalue weighted by Gasteiger charge is -2.17. The molecule has 0 bridgehead atoms. The van der Waals surface area contributed by atoms with Gasteiger partial charge in [0.25, 0.3) is 0 Å². The van der Waals surface area contributed by atoms with E-state index in [2.05, 4.69) is 41.2 Å². The molecular weight excluding hydrogens is 328 g/mol. The molecule has 2 aromatic heterocycles. The van der Waals surface area contributed by atoms with Crippen LogP contribution in [-0.4, -0.2) is 22.0 Å². The first kappa shape index (κ1) is 16.2. The second kappa shape index (κ2) is 7.31. The first-order chi connectivity index (χ1) is 12.3. The summed E-state index contributed by atoms with van der Waals surface area (Å²) in [6.07, 6.45) is 7.54. The molecule has 0 atom stereocenters. The van der Waals surface area contributed by atoms with Gasteiger partial charge in [0.2, 0.25) is 0 Å². The molecule has 0 aliphatic heterocycles. The van der Waals surface area contributed by atoms with Crippen LogP contribution in [0.5, 0.6) is 0 Å². The van der Waals surface area contributed by atoms with Gasteiger partial charge in [0.05, 0.1) is 12.2 Å². The number of hydrogen-bond acceptors (Lipinski definition) is 5. The van der Waals surface area contributed by atoms with Gasteiger partial charge in [0.15, 0.2) is 0 Å². The predicted octanol–water partition coefficient (Wildman–Crippen LogP) is 4.04. The number of rotatable bonds is 5. The Labute approximate surface area is 152 Å². The summed E-state index contributed by atoms with van der Waals surface area (Å²) in [5, 5.41) is 1.19. The lowest BCUT2D eigenvalue weighted by molar-refractivity contribution is 0.680. The van der Waals surface area contributed by atoms with Gasteiger partial charge in [-0.2, -0.15) is 0 Å². The zero-order chi connectivity index (χ0) is 17.1. The van der Waals surface area contributed by atoms with E-state index in [4.69, 9.17) is 9.97 Å². The second-order valence-electron chi connectivity index (χ2n) is 6.53. The van der Waals surface area contributed by atoms with E-state index < -0.39 is 0 Å². The first-order valence-electron chi connectivity index (χ1n) is 8.82. The Bertz CT molecular complexity index is 820. The fourth-order valence-electron chi connectivity index (χ4n) is 3.22. The van der Waals surface area contributed by atoms with Crippen molar-refractivity contribution in [2.24, 2.45) is 0 Å². The second-order valence-corrected chi connectivity index (χ2v) is 7.70. The topological polar surface area (TPSA) is 41.9 Å². The molecule has 1 aliphatic carbocycles. The summed E-state index contributed by atoms with van der Waals surface area (Å²) in [5.41, 5.74) is 2.56. The summed E-state index contributed by atoms with van der Waals surface area (Å²) in [5.74, 6) is 1.81. The number of thiazole rings is 1. The molecule has 0 radical (unpaired) electrons. The third-order valence-electron chi connectivity index (χ3n) is 4.55. The Morgan fingerprint density at radius 1 is 1.04 bits per heavy atom. The van der Waals surface area contributed by atoms with Crippen LogP contribution in [0.2, 0.25) is 0 Å². The maximum absolute atomic E-state index is 4.84. The Kier molecular flexibility index (Phi) is 4.74. The highest BCUT2D eigenvalue weighted by Gasteiger charge is 2.16. The number of benzene rings is 1. The molecule has 2 heterocycles. The van der Waals surface area contributed by atoms with Crippen LogP contribution >= 0.6 is 11.3 Å². The highest BCUT2D eigenvalue weighted by molar-refractivity contribution is 7.11. The summed E-state index contributed by atoms with van der Waals surface area (Å²) < 4.78 is 0. The minimum Gasteiger partial charge on any atom is -0.353 e. The van der Waals surface area contributed by atoms with Gasteiger partial charge in [-0.15, -0.1) is 11.3 Å². The van der Waals surface area contributed by atoms with Crippen molar-refractivity contribution in [1.82, 2.24) is 15.0 Å². The van der Waals surface area contributed by atoms with Gasteiger partial charge in [0, 0.05) is 24.5 Å². The Morgan fingerprint density at radius 2 is 1.88 bits per heavy atom. The predicted molar refractivity (Wildman–Crippen MR) is 102 cm³/mol. The molecule has 4 rings (SSSR count). The van der Waals surface area contributed by atoms with Gasteiger partial charge >= 0.3 is 0 Å². The maximum atomic E-state index is 4.84. The molecule has 5 heteroatoms. The molecule has 128 valence electrons. The van der Waals surface area contributed by atoms with Crippen LogP contribution in [0.4, 0.5) is 5.82 Å². The van der Waals surface area contributed by atoms with Crippen molar-refractivity contribution in [1.29, 1.82) is 0 Å². The molecule has 1 aliphatic rings. The zero-order valence-electron chi connectivity index (χ0n) is 14.5. The van der Waals surface area contributed by atoms with E-state index in [0.29, 0.717) is 0 Å². The number of fused-ring (bicyclic) bond motifs is 1. The van der Waals surface area contributed by atoms with Crippen LogP contribution in [0.25, 0.3) is 0 Å². The van der Waals surface area contributed by atoms with Crippen molar-refractivity contribution in [3.05, 3.63) is 69.6 Å². The van der Waals surface area contributed by atoms with Gasteiger partial charge in [-0.1, -0.05) is 30.3 Å². The van der Waals surface area contributed by atoms with Crippen LogP contribution in [0.3, 0.4) is 0 Å². The summed E-state index contributed by atoms with van der Waals surface area (Å²) in [6, 6.07) is 12.3. The van der Waals surface area contributed by atoms with Gasteiger partial charge in [-0.05, 0) is 37.3 Å². The molecular formula is C20H22N4S. The molecule has 1 aromatic carbocycles. The van der Waals surface area contributed by atoms with E-state index in [1.807, 2.05) is 29.7 Å². The SMILES string of the molecule is CN(Cc1nc2c(s1)CCCC2)c1ccnc(Cc2ccccc2)n1. The fourth-order valence-corrected chi connectivity index (χ4v) is 4.43. The molecule has 25 heavy (non-hydrogen) atoms. The molecule has 0 fully saturated rings. The number of anilines is 1. The van der Waals surface area contributed by atoms with Crippen LogP contribution < -0.4 is 4.90 Å². The molecule has 4 nitrogen and oxygen atoms in total. The van der Waals surface area contributed by atoms with Crippen LogP contribution in [-0.2, 0) is 25.8 Å². The number of aryl methyl sites for hydroxylation is 2.